The Labute approximate surface area is 154 Å². The lowest BCUT2D eigenvalue weighted by molar-refractivity contribution is -0.147. The molecule has 136 valence electrons. The molecule has 1 fully saturated rings. The van der Waals surface area contributed by atoms with E-state index >= 15 is 0 Å². The van der Waals surface area contributed by atoms with Crippen LogP contribution in [0, 0.1) is 5.92 Å². The fourth-order valence-corrected chi connectivity index (χ4v) is 3.00. The monoisotopic (exact) mass is 364 g/mol. The summed E-state index contributed by atoms with van der Waals surface area (Å²) in [7, 11) is 0. The quantitative estimate of drug-likeness (QED) is 0.789. The maximum absolute atomic E-state index is 12.8. The first-order chi connectivity index (χ1) is 11.8. The van der Waals surface area contributed by atoms with Crippen LogP contribution in [0.25, 0.3) is 0 Å². The normalized spacial score (nSPS) is 15.6. The number of nitrogens with zero attached hydrogens (tertiary/aromatic N) is 1. The third kappa shape index (κ3) is 5.49. The molecule has 1 aromatic rings. The summed E-state index contributed by atoms with van der Waals surface area (Å²) in [6.07, 6.45) is 3.00. The smallest absolute Gasteiger partial charge is 0.266 e. The van der Waals surface area contributed by atoms with E-state index in [-0.39, 0.29) is 11.8 Å². The van der Waals surface area contributed by atoms with Crippen LogP contribution in [0.2, 0.25) is 5.02 Å². The zero-order chi connectivity index (χ0) is 18.4. The molecule has 25 heavy (non-hydrogen) atoms. The summed E-state index contributed by atoms with van der Waals surface area (Å²) in [5.74, 6) is 0.810. The first-order valence-corrected chi connectivity index (χ1v) is 8.84. The Morgan fingerprint density at radius 2 is 1.92 bits per heavy atom. The molecule has 0 aliphatic carbocycles. The highest BCUT2D eigenvalue weighted by Crippen LogP contribution is 2.24. The molecule has 2 rings (SSSR count). The summed E-state index contributed by atoms with van der Waals surface area (Å²) < 4.78 is 5.87. The number of likely N-dealkylation sites (tertiary alicyclic amines) is 1. The van der Waals surface area contributed by atoms with Crippen LogP contribution in [0.15, 0.2) is 36.9 Å². The molecule has 0 atom stereocenters. The number of hydrogen-bond donors (Lipinski definition) is 1. The lowest BCUT2D eigenvalue weighted by Crippen LogP contribution is -2.51. The van der Waals surface area contributed by atoms with Gasteiger partial charge in [0, 0.05) is 24.7 Å². The Bertz CT molecular complexity index is 620. The van der Waals surface area contributed by atoms with Crippen molar-refractivity contribution in [3.05, 3.63) is 41.9 Å². The van der Waals surface area contributed by atoms with Gasteiger partial charge in [-0.1, -0.05) is 18.2 Å². The van der Waals surface area contributed by atoms with E-state index in [2.05, 4.69) is 11.9 Å². The van der Waals surface area contributed by atoms with Crippen molar-refractivity contribution >= 4 is 23.4 Å². The van der Waals surface area contributed by atoms with Gasteiger partial charge in [0.05, 0.1) is 0 Å². The van der Waals surface area contributed by atoms with Gasteiger partial charge in [-0.25, -0.2) is 0 Å². The Kier molecular flexibility index (Phi) is 6.48. The molecule has 2 amide bonds. The number of amides is 2. The van der Waals surface area contributed by atoms with Crippen LogP contribution in [0.5, 0.6) is 5.75 Å². The average Bonchev–Trinajstić information content (AvgIpc) is 2.61. The van der Waals surface area contributed by atoms with Gasteiger partial charge in [-0.05, 0) is 62.9 Å². The van der Waals surface area contributed by atoms with E-state index in [4.69, 9.17) is 16.3 Å². The fraction of sp³-hybridized carbons (Fsp3) is 0.474. The van der Waals surface area contributed by atoms with Gasteiger partial charge >= 0.3 is 0 Å². The fourth-order valence-electron chi connectivity index (χ4n) is 2.88. The molecule has 1 aliphatic rings. The van der Waals surface area contributed by atoms with Crippen molar-refractivity contribution in [2.24, 2.45) is 5.92 Å². The molecule has 5 nitrogen and oxygen atoms in total. The minimum absolute atomic E-state index is 0.0315. The van der Waals surface area contributed by atoms with Gasteiger partial charge in [0.2, 0.25) is 5.91 Å². The maximum atomic E-state index is 12.8. The SMILES string of the molecule is C=CC(=O)NCC1CCN(C(=O)C(C)(C)Oc2ccc(Cl)cc2)CC1. The van der Waals surface area contributed by atoms with Crippen LogP contribution in [0.3, 0.4) is 0 Å². The van der Waals surface area contributed by atoms with E-state index in [1.54, 1.807) is 38.1 Å². The third-order valence-corrected chi connectivity index (χ3v) is 4.61. The Morgan fingerprint density at radius 3 is 2.48 bits per heavy atom. The molecule has 1 N–H and O–H groups in total. The van der Waals surface area contributed by atoms with Crippen LogP contribution in [0.1, 0.15) is 26.7 Å². The summed E-state index contributed by atoms with van der Waals surface area (Å²) >= 11 is 5.87. The molecule has 0 spiro atoms. The number of halogens is 1. The van der Waals surface area contributed by atoms with Gasteiger partial charge in [-0.3, -0.25) is 9.59 Å². The molecule has 1 heterocycles. The molecule has 0 radical (unpaired) electrons. The standard InChI is InChI=1S/C19H25ClN2O3/c1-4-17(23)21-13-14-9-11-22(12-10-14)18(24)19(2,3)25-16-7-5-15(20)6-8-16/h4-8,14H,1,9-13H2,2-3H3,(H,21,23). The van der Waals surface area contributed by atoms with E-state index in [0.717, 1.165) is 12.8 Å². The number of carbonyl (C=O) groups is 2. The first-order valence-electron chi connectivity index (χ1n) is 8.46. The van der Waals surface area contributed by atoms with E-state index in [0.29, 0.717) is 36.3 Å². The molecule has 1 saturated heterocycles. The van der Waals surface area contributed by atoms with Gasteiger partial charge in [-0.2, -0.15) is 0 Å². The van der Waals surface area contributed by atoms with Crippen molar-refractivity contribution in [2.75, 3.05) is 19.6 Å². The minimum atomic E-state index is -0.947. The van der Waals surface area contributed by atoms with Crippen molar-refractivity contribution < 1.29 is 14.3 Å². The molecule has 6 heteroatoms. The molecule has 0 aromatic heterocycles. The Morgan fingerprint density at radius 1 is 1.32 bits per heavy atom. The molecule has 0 unspecified atom stereocenters. The van der Waals surface area contributed by atoms with E-state index in [1.165, 1.54) is 6.08 Å². The van der Waals surface area contributed by atoms with Gasteiger partial charge in [0.15, 0.2) is 5.60 Å². The van der Waals surface area contributed by atoms with E-state index < -0.39 is 5.60 Å². The van der Waals surface area contributed by atoms with Crippen LogP contribution < -0.4 is 10.1 Å². The minimum Gasteiger partial charge on any atom is -0.478 e. The van der Waals surface area contributed by atoms with E-state index in [1.807, 2.05) is 4.90 Å². The summed E-state index contributed by atoms with van der Waals surface area (Å²) in [6.45, 7) is 8.95. The van der Waals surface area contributed by atoms with Crippen LogP contribution >= 0.6 is 11.6 Å². The lowest BCUT2D eigenvalue weighted by atomic mass is 9.95. The van der Waals surface area contributed by atoms with Crippen molar-refractivity contribution in [2.45, 2.75) is 32.3 Å². The molecule has 1 aliphatic heterocycles. The summed E-state index contributed by atoms with van der Waals surface area (Å²) in [6, 6.07) is 6.98. The summed E-state index contributed by atoms with van der Waals surface area (Å²) in [4.78, 5) is 25.9. The number of rotatable bonds is 6. The number of piperidine rings is 1. The van der Waals surface area contributed by atoms with Crippen molar-refractivity contribution in [3.8, 4) is 5.75 Å². The van der Waals surface area contributed by atoms with Gasteiger partial charge in [-0.15, -0.1) is 0 Å². The zero-order valence-corrected chi connectivity index (χ0v) is 15.5. The number of nitrogens with one attached hydrogen (secondary N) is 1. The lowest BCUT2D eigenvalue weighted by Gasteiger charge is -2.37. The second kappa shape index (κ2) is 8.39. The van der Waals surface area contributed by atoms with Crippen LogP contribution in [0.4, 0.5) is 0 Å². The number of ether oxygens (including phenoxy) is 1. The highest BCUT2D eigenvalue weighted by Gasteiger charge is 2.36. The second-order valence-corrected chi connectivity index (χ2v) is 7.19. The highest BCUT2D eigenvalue weighted by molar-refractivity contribution is 6.30. The molecular weight excluding hydrogens is 340 g/mol. The molecule has 1 aromatic carbocycles. The zero-order valence-electron chi connectivity index (χ0n) is 14.8. The van der Waals surface area contributed by atoms with Gasteiger partial charge in [0.25, 0.3) is 5.91 Å². The van der Waals surface area contributed by atoms with E-state index in [9.17, 15) is 9.59 Å². The number of hydrogen-bond acceptors (Lipinski definition) is 3. The average molecular weight is 365 g/mol. The van der Waals surface area contributed by atoms with Crippen LogP contribution in [-0.2, 0) is 9.59 Å². The predicted octanol–water partition coefficient (Wildman–Crippen LogP) is 3.04. The highest BCUT2D eigenvalue weighted by atomic mass is 35.5. The van der Waals surface area contributed by atoms with Gasteiger partial charge < -0.3 is 15.0 Å². The number of carbonyl (C=O) groups excluding carboxylic acids is 2. The molecule has 0 bridgehead atoms. The summed E-state index contributed by atoms with van der Waals surface area (Å²) in [5, 5.41) is 3.44. The summed E-state index contributed by atoms with van der Waals surface area (Å²) in [5.41, 5.74) is -0.947. The molecule has 0 saturated carbocycles. The maximum Gasteiger partial charge on any atom is 0.266 e. The number of benzene rings is 1. The van der Waals surface area contributed by atoms with Crippen molar-refractivity contribution in [3.63, 3.8) is 0 Å². The topological polar surface area (TPSA) is 58.6 Å². The van der Waals surface area contributed by atoms with Crippen molar-refractivity contribution in [1.82, 2.24) is 10.2 Å². The second-order valence-electron chi connectivity index (χ2n) is 6.75. The Hall–Kier alpha value is -2.01. The van der Waals surface area contributed by atoms with Crippen molar-refractivity contribution in [1.29, 1.82) is 0 Å². The predicted molar refractivity (Wildman–Crippen MR) is 98.7 cm³/mol. The third-order valence-electron chi connectivity index (χ3n) is 4.35. The first kappa shape index (κ1) is 19.3. The van der Waals surface area contributed by atoms with Crippen LogP contribution in [-0.4, -0.2) is 41.9 Å². The largest absolute Gasteiger partial charge is 0.478 e. The Balaban J connectivity index is 1.86. The molecular formula is C19H25ClN2O3. The van der Waals surface area contributed by atoms with Gasteiger partial charge in [0.1, 0.15) is 5.75 Å².